The zero-order chi connectivity index (χ0) is 14.7. The van der Waals surface area contributed by atoms with Gasteiger partial charge in [0.15, 0.2) is 5.82 Å². The van der Waals surface area contributed by atoms with E-state index in [4.69, 9.17) is 0 Å². The number of anilines is 2. The standard InChI is InChI=1S/C16H22N4O/c1-2-10-19-11-12-20(14-8-5-9-17-15(14)19)16(21)18-13-6-3-4-7-13/h2,5,8-9,13H,1,3-4,6-7,10-12H2,(H,18,21). The smallest absolute Gasteiger partial charge is 0.322 e. The number of nitrogens with one attached hydrogen (secondary N) is 1. The summed E-state index contributed by atoms with van der Waals surface area (Å²) < 4.78 is 0. The Balaban J connectivity index is 1.78. The van der Waals surface area contributed by atoms with Crippen molar-refractivity contribution in [2.24, 2.45) is 0 Å². The van der Waals surface area contributed by atoms with Crippen molar-refractivity contribution in [2.45, 2.75) is 31.7 Å². The molecule has 1 aromatic heterocycles. The lowest BCUT2D eigenvalue weighted by molar-refractivity contribution is 0.242. The second kappa shape index (κ2) is 6.16. The topological polar surface area (TPSA) is 48.5 Å². The van der Waals surface area contributed by atoms with Gasteiger partial charge in [0.1, 0.15) is 0 Å². The maximum atomic E-state index is 12.5. The molecule has 0 unspecified atom stereocenters. The fourth-order valence-electron chi connectivity index (χ4n) is 3.16. The number of carbonyl (C=O) groups excluding carboxylic acids is 1. The quantitative estimate of drug-likeness (QED) is 0.869. The molecule has 2 aliphatic rings. The molecule has 1 aliphatic heterocycles. The molecule has 5 nitrogen and oxygen atoms in total. The van der Waals surface area contributed by atoms with Crippen LogP contribution in [0.5, 0.6) is 0 Å². The number of pyridine rings is 1. The summed E-state index contributed by atoms with van der Waals surface area (Å²) in [5.41, 5.74) is 0.890. The number of amides is 2. The molecular weight excluding hydrogens is 264 g/mol. The fraction of sp³-hybridized carbons (Fsp3) is 0.500. The van der Waals surface area contributed by atoms with Crippen LogP contribution in [-0.4, -0.2) is 36.7 Å². The van der Waals surface area contributed by atoms with E-state index >= 15 is 0 Å². The molecule has 112 valence electrons. The van der Waals surface area contributed by atoms with E-state index in [9.17, 15) is 4.79 Å². The molecule has 1 fully saturated rings. The van der Waals surface area contributed by atoms with Crippen LogP contribution in [0.2, 0.25) is 0 Å². The molecule has 1 aromatic rings. The molecule has 0 radical (unpaired) electrons. The average Bonchev–Trinajstić information content (AvgIpc) is 3.00. The molecule has 2 heterocycles. The molecule has 0 bridgehead atoms. The minimum Gasteiger partial charge on any atom is -0.349 e. The summed E-state index contributed by atoms with van der Waals surface area (Å²) in [6.07, 6.45) is 8.27. The van der Waals surface area contributed by atoms with E-state index in [1.807, 2.05) is 23.1 Å². The molecule has 3 rings (SSSR count). The van der Waals surface area contributed by atoms with Crippen LogP contribution in [0.4, 0.5) is 16.3 Å². The molecule has 1 aliphatic carbocycles. The minimum atomic E-state index is 0.00871. The third-order valence-electron chi connectivity index (χ3n) is 4.23. The van der Waals surface area contributed by atoms with E-state index in [1.54, 1.807) is 6.20 Å². The Kier molecular flexibility index (Phi) is 4.08. The van der Waals surface area contributed by atoms with Crippen molar-refractivity contribution in [1.82, 2.24) is 10.3 Å². The monoisotopic (exact) mass is 286 g/mol. The zero-order valence-electron chi connectivity index (χ0n) is 12.3. The van der Waals surface area contributed by atoms with Crippen LogP contribution in [-0.2, 0) is 0 Å². The third-order valence-corrected chi connectivity index (χ3v) is 4.23. The van der Waals surface area contributed by atoms with Crippen molar-refractivity contribution in [3.8, 4) is 0 Å². The minimum absolute atomic E-state index is 0.00871. The highest BCUT2D eigenvalue weighted by Gasteiger charge is 2.28. The molecule has 1 N–H and O–H groups in total. The van der Waals surface area contributed by atoms with Gasteiger partial charge in [0, 0.05) is 31.9 Å². The van der Waals surface area contributed by atoms with E-state index in [-0.39, 0.29) is 6.03 Å². The molecule has 1 saturated carbocycles. The molecule has 21 heavy (non-hydrogen) atoms. The lowest BCUT2D eigenvalue weighted by atomic mass is 10.2. The number of aromatic nitrogens is 1. The van der Waals surface area contributed by atoms with Crippen LogP contribution >= 0.6 is 0 Å². The Morgan fingerprint density at radius 2 is 2.24 bits per heavy atom. The number of hydrogen-bond donors (Lipinski definition) is 1. The number of rotatable bonds is 3. The summed E-state index contributed by atoms with van der Waals surface area (Å²) in [6, 6.07) is 4.19. The van der Waals surface area contributed by atoms with Crippen molar-refractivity contribution in [3.63, 3.8) is 0 Å². The lowest BCUT2D eigenvalue weighted by Gasteiger charge is -2.36. The molecule has 0 aromatic carbocycles. The number of urea groups is 1. The van der Waals surface area contributed by atoms with Gasteiger partial charge in [-0.1, -0.05) is 18.9 Å². The van der Waals surface area contributed by atoms with Crippen molar-refractivity contribution >= 4 is 17.5 Å². The summed E-state index contributed by atoms with van der Waals surface area (Å²) in [4.78, 5) is 20.9. The Labute approximate surface area is 125 Å². The molecule has 5 heteroatoms. The van der Waals surface area contributed by atoms with Gasteiger partial charge < -0.3 is 10.2 Å². The van der Waals surface area contributed by atoms with Crippen LogP contribution in [0.3, 0.4) is 0 Å². The molecule has 0 atom stereocenters. The number of hydrogen-bond acceptors (Lipinski definition) is 3. The average molecular weight is 286 g/mol. The van der Waals surface area contributed by atoms with Crippen molar-refractivity contribution in [2.75, 3.05) is 29.4 Å². The summed E-state index contributed by atoms with van der Waals surface area (Å²) in [5.74, 6) is 0.866. The molecule has 0 saturated heterocycles. The zero-order valence-corrected chi connectivity index (χ0v) is 12.3. The first-order chi connectivity index (χ1) is 10.3. The highest BCUT2D eigenvalue weighted by molar-refractivity contribution is 5.96. The Hall–Kier alpha value is -2.04. The Bertz CT molecular complexity index is 525. The largest absolute Gasteiger partial charge is 0.349 e. The summed E-state index contributed by atoms with van der Waals surface area (Å²) in [5, 5.41) is 3.16. The van der Waals surface area contributed by atoms with Gasteiger partial charge >= 0.3 is 6.03 Å². The highest BCUT2D eigenvalue weighted by Crippen LogP contribution is 2.30. The van der Waals surface area contributed by atoms with E-state index in [0.717, 1.165) is 37.4 Å². The normalized spacial score (nSPS) is 18.5. The maximum absolute atomic E-state index is 12.5. The van der Waals surface area contributed by atoms with Crippen molar-refractivity contribution in [1.29, 1.82) is 0 Å². The first kappa shape index (κ1) is 13.9. The van der Waals surface area contributed by atoms with Gasteiger partial charge in [-0.3, -0.25) is 4.90 Å². The molecule has 0 spiro atoms. The summed E-state index contributed by atoms with van der Waals surface area (Å²) in [7, 11) is 0. The van der Waals surface area contributed by atoms with Crippen LogP contribution in [0.25, 0.3) is 0 Å². The van der Waals surface area contributed by atoms with E-state index in [0.29, 0.717) is 12.6 Å². The third kappa shape index (κ3) is 2.86. The van der Waals surface area contributed by atoms with Crippen molar-refractivity contribution in [3.05, 3.63) is 31.0 Å². The van der Waals surface area contributed by atoms with Crippen LogP contribution in [0, 0.1) is 0 Å². The van der Waals surface area contributed by atoms with Crippen molar-refractivity contribution < 1.29 is 4.79 Å². The fourth-order valence-corrected chi connectivity index (χ4v) is 3.16. The first-order valence-electron chi connectivity index (χ1n) is 7.68. The second-order valence-electron chi connectivity index (χ2n) is 5.66. The maximum Gasteiger partial charge on any atom is 0.322 e. The van der Waals surface area contributed by atoms with Gasteiger partial charge in [-0.05, 0) is 25.0 Å². The summed E-state index contributed by atoms with van der Waals surface area (Å²) in [6.45, 7) is 6.01. The summed E-state index contributed by atoms with van der Waals surface area (Å²) >= 11 is 0. The van der Waals surface area contributed by atoms with E-state index in [2.05, 4.69) is 21.8 Å². The first-order valence-corrected chi connectivity index (χ1v) is 7.68. The van der Waals surface area contributed by atoms with E-state index < -0.39 is 0 Å². The van der Waals surface area contributed by atoms with Crippen LogP contribution in [0.15, 0.2) is 31.0 Å². The molecule has 2 amide bonds. The number of carbonyl (C=O) groups is 1. The second-order valence-corrected chi connectivity index (χ2v) is 5.66. The Morgan fingerprint density at radius 1 is 1.43 bits per heavy atom. The highest BCUT2D eigenvalue weighted by atomic mass is 16.2. The predicted molar refractivity (Wildman–Crippen MR) is 84.8 cm³/mol. The number of nitrogens with zero attached hydrogens (tertiary/aromatic N) is 3. The lowest BCUT2D eigenvalue weighted by Crippen LogP contribution is -2.50. The number of fused-ring (bicyclic) bond motifs is 1. The van der Waals surface area contributed by atoms with Crippen LogP contribution < -0.4 is 15.1 Å². The van der Waals surface area contributed by atoms with E-state index in [1.165, 1.54) is 12.8 Å². The van der Waals surface area contributed by atoms with Gasteiger partial charge in [-0.15, -0.1) is 6.58 Å². The van der Waals surface area contributed by atoms with Gasteiger partial charge in [-0.2, -0.15) is 0 Å². The van der Waals surface area contributed by atoms with Gasteiger partial charge in [0.2, 0.25) is 0 Å². The van der Waals surface area contributed by atoms with Gasteiger partial charge in [0.25, 0.3) is 0 Å². The SMILES string of the molecule is C=CCN1CCN(C(=O)NC2CCCC2)c2cccnc21. The molecular formula is C16H22N4O. The van der Waals surface area contributed by atoms with Gasteiger partial charge in [0.05, 0.1) is 5.69 Å². The predicted octanol–water partition coefficient (Wildman–Crippen LogP) is 2.55. The van der Waals surface area contributed by atoms with Gasteiger partial charge in [-0.25, -0.2) is 9.78 Å². The van der Waals surface area contributed by atoms with Crippen LogP contribution in [0.1, 0.15) is 25.7 Å². The Morgan fingerprint density at radius 3 is 3.00 bits per heavy atom.